The molecule has 3 aliphatic heterocycles. The highest BCUT2D eigenvalue weighted by Gasteiger charge is 2.41. The third-order valence-electron chi connectivity index (χ3n) is 10.1. The molecule has 3 heterocycles. The quantitative estimate of drug-likeness (QED) is 0.449. The van der Waals surface area contributed by atoms with Crippen molar-refractivity contribution in [3.63, 3.8) is 0 Å². The number of rotatable bonds is 5. The van der Waals surface area contributed by atoms with E-state index in [2.05, 4.69) is 45.1 Å². The third-order valence-corrected chi connectivity index (χ3v) is 10.1. The van der Waals surface area contributed by atoms with Gasteiger partial charge in [0.05, 0.1) is 12.0 Å². The van der Waals surface area contributed by atoms with Gasteiger partial charge < -0.3 is 20.7 Å². The van der Waals surface area contributed by atoms with Gasteiger partial charge in [-0.3, -0.25) is 19.3 Å². The van der Waals surface area contributed by atoms with Gasteiger partial charge in [-0.15, -0.1) is 0 Å². The van der Waals surface area contributed by atoms with E-state index in [0.717, 1.165) is 50.0 Å². The van der Waals surface area contributed by atoms with Crippen LogP contribution in [-0.4, -0.2) is 67.6 Å². The molecule has 4 aliphatic rings. The van der Waals surface area contributed by atoms with Gasteiger partial charge >= 0.3 is 0 Å². The van der Waals surface area contributed by atoms with Crippen LogP contribution in [0, 0.1) is 11.3 Å². The Hall–Kier alpha value is -3.49. The lowest BCUT2D eigenvalue weighted by Gasteiger charge is -2.40. The SMILES string of the molecule is O=C(CN1CC[C@H]2NC(=O)[C@@H](Cc3ccccc3)NC(=O)C3(CC=CC[C@H]2C1)CCOCC3)Nc1ccc2c(c1)CCCC2. The fraction of sp³-hybridized carbons (Fsp3) is 0.528. The minimum absolute atomic E-state index is 0.000891. The number of aryl methyl sites for hydroxylation is 2. The van der Waals surface area contributed by atoms with E-state index in [9.17, 15) is 14.4 Å². The predicted molar refractivity (Wildman–Crippen MR) is 171 cm³/mol. The number of nitrogens with one attached hydrogen (secondary N) is 3. The number of hydrogen-bond acceptors (Lipinski definition) is 5. The van der Waals surface area contributed by atoms with E-state index in [1.807, 2.05) is 36.4 Å². The smallest absolute Gasteiger partial charge is 0.243 e. The van der Waals surface area contributed by atoms with Crippen LogP contribution in [0.3, 0.4) is 0 Å². The Labute approximate surface area is 261 Å². The maximum absolute atomic E-state index is 13.8. The topological polar surface area (TPSA) is 99.8 Å². The fourth-order valence-corrected chi connectivity index (χ4v) is 7.41. The number of allylic oxidation sites excluding steroid dienone is 2. The minimum atomic E-state index is -0.658. The second kappa shape index (κ2) is 14.1. The van der Waals surface area contributed by atoms with Gasteiger partial charge in [0, 0.05) is 44.5 Å². The largest absolute Gasteiger partial charge is 0.381 e. The number of ether oxygens (including phenoxy) is 1. The van der Waals surface area contributed by atoms with Crippen molar-refractivity contribution in [3.05, 3.63) is 77.4 Å². The van der Waals surface area contributed by atoms with Crippen LogP contribution in [0.15, 0.2) is 60.7 Å². The van der Waals surface area contributed by atoms with E-state index in [-0.39, 0.29) is 29.7 Å². The second-order valence-electron chi connectivity index (χ2n) is 13.2. The van der Waals surface area contributed by atoms with E-state index < -0.39 is 11.5 Å². The van der Waals surface area contributed by atoms with Gasteiger partial charge in [0.25, 0.3) is 0 Å². The van der Waals surface area contributed by atoms with Crippen molar-refractivity contribution in [1.29, 1.82) is 0 Å². The zero-order chi connectivity index (χ0) is 30.4. The number of benzene rings is 2. The van der Waals surface area contributed by atoms with Crippen molar-refractivity contribution in [2.75, 3.05) is 38.2 Å². The zero-order valence-electron chi connectivity index (χ0n) is 25.7. The number of nitrogens with zero attached hydrogens (tertiary/aromatic N) is 1. The Morgan fingerprint density at radius 3 is 2.59 bits per heavy atom. The first-order chi connectivity index (χ1) is 21.5. The molecule has 44 heavy (non-hydrogen) atoms. The number of amides is 3. The Kier molecular flexibility index (Phi) is 9.77. The first kappa shape index (κ1) is 30.5. The maximum Gasteiger partial charge on any atom is 0.243 e. The minimum Gasteiger partial charge on any atom is -0.381 e. The normalized spacial score (nSPS) is 25.9. The number of likely N-dealkylation sites (tertiary alicyclic amines) is 1. The highest BCUT2D eigenvalue weighted by molar-refractivity contribution is 5.92. The first-order valence-electron chi connectivity index (χ1n) is 16.5. The molecule has 8 nitrogen and oxygen atoms in total. The summed E-state index contributed by atoms with van der Waals surface area (Å²) in [4.78, 5) is 42.9. The number of fused-ring (bicyclic) bond motifs is 2. The molecule has 0 aromatic heterocycles. The summed E-state index contributed by atoms with van der Waals surface area (Å²) in [7, 11) is 0. The van der Waals surface area contributed by atoms with Gasteiger partial charge in [0.1, 0.15) is 6.04 Å². The lowest BCUT2D eigenvalue weighted by molar-refractivity contribution is -0.140. The molecule has 1 spiro atoms. The predicted octanol–water partition coefficient (Wildman–Crippen LogP) is 4.18. The molecule has 3 atom stereocenters. The van der Waals surface area contributed by atoms with Crippen LogP contribution in [0.25, 0.3) is 0 Å². The summed E-state index contributed by atoms with van der Waals surface area (Å²) in [5.74, 6) is -0.0290. The van der Waals surface area contributed by atoms with E-state index in [1.54, 1.807) is 0 Å². The van der Waals surface area contributed by atoms with Gasteiger partial charge in [-0.1, -0.05) is 48.6 Å². The van der Waals surface area contributed by atoms with Crippen LogP contribution in [0.5, 0.6) is 0 Å². The number of hydrogen-bond donors (Lipinski definition) is 3. The molecule has 2 fully saturated rings. The Morgan fingerprint density at radius 1 is 0.977 bits per heavy atom. The van der Waals surface area contributed by atoms with Crippen molar-refractivity contribution >= 4 is 23.4 Å². The summed E-state index contributed by atoms with van der Waals surface area (Å²) < 4.78 is 5.62. The van der Waals surface area contributed by atoms with Crippen LogP contribution in [0.2, 0.25) is 0 Å². The van der Waals surface area contributed by atoms with E-state index in [4.69, 9.17) is 4.74 Å². The summed E-state index contributed by atoms with van der Waals surface area (Å²) in [5.41, 5.74) is 4.07. The molecule has 2 saturated heterocycles. The van der Waals surface area contributed by atoms with Gasteiger partial charge in [-0.05, 0) is 92.5 Å². The third kappa shape index (κ3) is 7.41. The molecule has 0 unspecified atom stereocenters. The number of carbonyl (C=O) groups is 3. The second-order valence-corrected chi connectivity index (χ2v) is 13.2. The highest BCUT2D eigenvalue weighted by Crippen LogP contribution is 2.36. The summed E-state index contributed by atoms with van der Waals surface area (Å²) in [5, 5.41) is 9.61. The Bertz CT molecular complexity index is 1350. The van der Waals surface area contributed by atoms with Gasteiger partial charge in [0.15, 0.2) is 0 Å². The molecule has 3 N–H and O–H groups in total. The van der Waals surface area contributed by atoms with E-state index in [1.165, 1.54) is 24.0 Å². The van der Waals surface area contributed by atoms with Crippen LogP contribution in [0.1, 0.15) is 61.6 Å². The molecule has 2 aromatic rings. The average Bonchev–Trinajstić information content (AvgIpc) is 3.04. The standard InChI is InChI=1S/C36H46N4O4/c41-33(37-30-14-13-27-10-4-5-11-28(27)23-30)25-40-19-15-31-29(24-40)12-6-7-16-36(17-20-44-21-18-36)35(43)39-32(34(42)38-31)22-26-8-2-1-3-9-26/h1-3,6-9,13-14,23,29,31-32H,4-5,10-12,15-22,24-25H2,(H,37,41)(H,38,42)(H,39,43)/t29-,31+,32+/m0/s1. The van der Waals surface area contributed by atoms with Crippen LogP contribution < -0.4 is 16.0 Å². The summed E-state index contributed by atoms with van der Waals surface area (Å²) >= 11 is 0. The van der Waals surface area contributed by atoms with Gasteiger partial charge in [0.2, 0.25) is 17.7 Å². The average molecular weight is 599 g/mol. The zero-order valence-corrected chi connectivity index (χ0v) is 25.7. The lowest BCUT2D eigenvalue weighted by atomic mass is 9.75. The van der Waals surface area contributed by atoms with Crippen molar-refractivity contribution < 1.29 is 19.1 Å². The van der Waals surface area contributed by atoms with Crippen molar-refractivity contribution in [2.24, 2.45) is 11.3 Å². The molecule has 0 radical (unpaired) electrons. The van der Waals surface area contributed by atoms with Gasteiger partial charge in [-0.25, -0.2) is 0 Å². The molecule has 8 heteroatoms. The molecule has 0 bridgehead atoms. The Balaban J connectivity index is 1.15. The van der Waals surface area contributed by atoms with E-state index in [0.29, 0.717) is 45.4 Å². The number of piperidine rings is 1. The lowest BCUT2D eigenvalue weighted by Crippen LogP contribution is -2.58. The summed E-state index contributed by atoms with van der Waals surface area (Å²) in [6.07, 6.45) is 12.9. The monoisotopic (exact) mass is 598 g/mol. The molecule has 0 saturated carbocycles. The molecule has 6 rings (SSSR count). The molecular weight excluding hydrogens is 552 g/mol. The maximum atomic E-state index is 13.8. The number of carbonyl (C=O) groups excluding carboxylic acids is 3. The highest BCUT2D eigenvalue weighted by atomic mass is 16.5. The van der Waals surface area contributed by atoms with E-state index >= 15 is 0 Å². The van der Waals surface area contributed by atoms with Crippen molar-refractivity contribution in [1.82, 2.24) is 15.5 Å². The number of anilines is 1. The van der Waals surface area contributed by atoms with Crippen molar-refractivity contribution in [2.45, 2.75) is 76.3 Å². The van der Waals surface area contributed by atoms with Crippen LogP contribution in [0.4, 0.5) is 5.69 Å². The fourth-order valence-electron chi connectivity index (χ4n) is 7.41. The van der Waals surface area contributed by atoms with Crippen molar-refractivity contribution in [3.8, 4) is 0 Å². The summed E-state index contributed by atoms with van der Waals surface area (Å²) in [6.45, 7) is 2.87. The molecule has 234 valence electrons. The van der Waals surface area contributed by atoms with Gasteiger partial charge in [-0.2, -0.15) is 0 Å². The molecule has 2 aromatic carbocycles. The Morgan fingerprint density at radius 2 is 1.77 bits per heavy atom. The van der Waals surface area contributed by atoms with Crippen LogP contribution >= 0.6 is 0 Å². The van der Waals surface area contributed by atoms with Crippen LogP contribution in [-0.2, 0) is 38.4 Å². The summed E-state index contributed by atoms with van der Waals surface area (Å²) in [6, 6.07) is 15.5. The molecule has 1 aliphatic carbocycles. The first-order valence-corrected chi connectivity index (χ1v) is 16.5. The molecule has 3 amide bonds. The molecular formula is C36H46N4O4.